The van der Waals surface area contributed by atoms with E-state index in [0.717, 1.165) is 50.8 Å². The number of pyridine rings is 1. The lowest BCUT2D eigenvalue weighted by Crippen LogP contribution is -2.36. The SMILES string of the molecule is Cl.c1cnc(-n2cccn2)c(CNCc2ccc(N3CCOCC3)cc2)c1. The van der Waals surface area contributed by atoms with E-state index in [4.69, 9.17) is 4.74 Å². The Morgan fingerprint density at radius 3 is 2.52 bits per heavy atom. The molecular formula is C20H24ClN5O. The largest absolute Gasteiger partial charge is 0.378 e. The van der Waals surface area contributed by atoms with Crippen LogP contribution in [0, 0.1) is 0 Å². The van der Waals surface area contributed by atoms with Crippen LogP contribution in [0.2, 0.25) is 0 Å². The molecule has 1 fully saturated rings. The Morgan fingerprint density at radius 1 is 0.963 bits per heavy atom. The summed E-state index contributed by atoms with van der Waals surface area (Å²) in [5.41, 5.74) is 3.66. The van der Waals surface area contributed by atoms with Gasteiger partial charge < -0.3 is 15.0 Å². The molecule has 1 aromatic carbocycles. The zero-order valence-corrected chi connectivity index (χ0v) is 15.9. The fraction of sp³-hybridized carbons (Fsp3) is 0.300. The first-order valence-corrected chi connectivity index (χ1v) is 8.96. The van der Waals surface area contributed by atoms with Crippen LogP contribution in [0.3, 0.4) is 0 Å². The molecule has 2 aromatic heterocycles. The molecule has 142 valence electrons. The molecule has 1 saturated heterocycles. The molecule has 1 N–H and O–H groups in total. The second-order valence-electron chi connectivity index (χ2n) is 6.31. The van der Waals surface area contributed by atoms with E-state index >= 15 is 0 Å². The van der Waals surface area contributed by atoms with Crippen molar-refractivity contribution >= 4 is 18.1 Å². The average molecular weight is 386 g/mol. The van der Waals surface area contributed by atoms with E-state index in [-0.39, 0.29) is 12.4 Å². The van der Waals surface area contributed by atoms with Crippen LogP contribution >= 0.6 is 12.4 Å². The van der Waals surface area contributed by atoms with Crippen molar-refractivity contribution in [1.82, 2.24) is 20.1 Å². The molecule has 0 saturated carbocycles. The lowest BCUT2D eigenvalue weighted by atomic mass is 10.1. The Hall–Kier alpha value is -2.41. The van der Waals surface area contributed by atoms with Gasteiger partial charge in [-0.05, 0) is 29.8 Å². The van der Waals surface area contributed by atoms with Crippen molar-refractivity contribution < 1.29 is 4.74 Å². The molecule has 0 bridgehead atoms. The maximum absolute atomic E-state index is 5.41. The maximum Gasteiger partial charge on any atom is 0.157 e. The van der Waals surface area contributed by atoms with Crippen LogP contribution in [0.5, 0.6) is 0 Å². The first-order valence-electron chi connectivity index (χ1n) is 8.96. The molecule has 27 heavy (non-hydrogen) atoms. The first-order chi connectivity index (χ1) is 12.9. The van der Waals surface area contributed by atoms with Gasteiger partial charge in [-0.2, -0.15) is 5.10 Å². The van der Waals surface area contributed by atoms with Gasteiger partial charge in [-0.15, -0.1) is 12.4 Å². The number of halogens is 1. The standard InChI is InChI=1S/C20H23N5O.ClH/c1-3-18(20(22-8-1)25-10-2-9-23-25)16-21-15-17-4-6-19(7-5-17)24-11-13-26-14-12-24;/h1-10,21H,11-16H2;1H. The van der Waals surface area contributed by atoms with Crippen molar-refractivity contribution in [2.24, 2.45) is 0 Å². The molecule has 4 rings (SSSR count). The van der Waals surface area contributed by atoms with Crippen LogP contribution in [0.1, 0.15) is 11.1 Å². The van der Waals surface area contributed by atoms with Gasteiger partial charge in [0, 0.05) is 56.0 Å². The van der Waals surface area contributed by atoms with Gasteiger partial charge in [0.1, 0.15) is 0 Å². The number of hydrogen-bond donors (Lipinski definition) is 1. The third-order valence-corrected chi connectivity index (χ3v) is 4.55. The molecule has 0 atom stereocenters. The van der Waals surface area contributed by atoms with Gasteiger partial charge in [-0.3, -0.25) is 0 Å². The van der Waals surface area contributed by atoms with Crippen molar-refractivity contribution in [3.63, 3.8) is 0 Å². The first kappa shape index (κ1) is 19.4. The predicted octanol–water partition coefficient (Wildman–Crippen LogP) is 2.82. The Labute approximate surface area is 165 Å². The summed E-state index contributed by atoms with van der Waals surface area (Å²) in [5.74, 6) is 0.868. The normalized spacial score (nSPS) is 14.0. The molecule has 0 unspecified atom stereocenters. The highest BCUT2D eigenvalue weighted by atomic mass is 35.5. The van der Waals surface area contributed by atoms with E-state index in [1.165, 1.54) is 11.3 Å². The minimum absolute atomic E-state index is 0. The number of nitrogens with one attached hydrogen (secondary N) is 1. The third kappa shape index (κ3) is 4.86. The summed E-state index contributed by atoms with van der Waals surface area (Å²) in [5, 5.41) is 7.78. The van der Waals surface area contributed by atoms with Crippen molar-refractivity contribution in [3.8, 4) is 5.82 Å². The van der Waals surface area contributed by atoms with Gasteiger partial charge in [0.25, 0.3) is 0 Å². The smallest absolute Gasteiger partial charge is 0.157 e. The van der Waals surface area contributed by atoms with Crippen LogP contribution in [0.15, 0.2) is 61.1 Å². The highest BCUT2D eigenvalue weighted by molar-refractivity contribution is 5.85. The minimum Gasteiger partial charge on any atom is -0.378 e. The maximum atomic E-state index is 5.41. The number of morpholine rings is 1. The van der Waals surface area contributed by atoms with Crippen LogP contribution in [-0.4, -0.2) is 41.1 Å². The van der Waals surface area contributed by atoms with Crippen LogP contribution in [0.4, 0.5) is 5.69 Å². The molecule has 3 heterocycles. The Morgan fingerprint density at radius 2 is 1.78 bits per heavy atom. The number of ether oxygens (including phenoxy) is 1. The summed E-state index contributed by atoms with van der Waals surface area (Å²) < 4.78 is 7.21. The van der Waals surface area contributed by atoms with Crippen LogP contribution < -0.4 is 10.2 Å². The summed E-state index contributed by atoms with van der Waals surface area (Å²) in [6.45, 7) is 5.12. The van der Waals surface area contributed by atoms with Crippen molar-refractivity contribution in [2.45, 2.75) is 13.1 Å². The molecule has 0 amide bonds. The summed E-state index contributed by atoms with van der Waals surface area (Å²) in [4.78, 5) is 6.82. The van der Waals surface area contributed by atoms with E-state index in [1.807, 2.05) is 18.3 Å². The number of aromatic nitrogens is 3. The molecule has 1 aliphatic heterocycles. The zero-order valence-electron chi connectivity index (χ0n) is 15.1. The lowest BCUT2D eigenvalue weighted by molar-refractivity contribution is 0.122. The second kappa shape index (κ2) is 9.50. The topological polar surface area (TPSA) is 55.2 Å². The van der Waals surface area contributed by atoms with Crippen LogP contribution in [0.25, 0.3) is 5.82 Å². The lowest BCUT2D eigenvalue weighted by Gasteiger charge is -2.28. The van der Waals surface area contributed by atoms with E-state index in [9.17, 15) is 0 Å². The number of anilines is 1. The quantitative estimate of drug-likeness (QED) is 0.707. The van der Waals surface area contributed by atoms with E-state index in [2.05, 4.69) is 50.6 Å². The van der Waals surface area contributed by atoms with E-state index < -0.39 is 0 Å². The van der Waals surface area contributed by atoms with Gasteiger partial charge in [0.05, 0.1) is 13.2 Å². The Kier molecular flexibility index (Phi) is 6.81. The molecule has 1 aliphatic rings. The number of hydrogen-bond acceptors (Lipinski definition) is 5. The highest BCUT2D eigenvalue weighted by Crippen LogP contribution is 2.17. The second-order valence-corrected chi connectivity index (χ2v) is 6.31. The molecule has 0 spiro atoms. The minimum atomic E-state index is 0. The van der Waals surface area contributed by atoms with Gasteiger partial charge in [0.15, 0.2) is 5.82 Å². The van der Waals surface area contributed by atoms with Crippen molar-refractivity contribution in [2.75, 3.05) is 31.2 Å². The van der Waals surface area contributed by atoms with Gasteiger partial charge in [-0.25, -0.2) is 9.67 Å². The number of benzene rings is 1. The van der Waals surface area contributed by atoms with E-state index in [0.29, 0.717) is 0 Å². The molecular weight excluding hydrogens is 362 g/mol. The fourth-order valence-electron chi connectivity index (χ4n) is 3.16. The van der Waals surface area contributed by atoms with E-state index in [1.54, 1.807) is 17.1 Å². The van der Waals surface area contributed by atoms with Gasteiger partial charge in [0.2, 0.25) is 0 Å². The molecule has 0 radical (unpaired) electrons. The predicted molar refractivity (Wildman–Crippen MR) is 109 cm³/mol. The zero-order chi connectivity index (χ0) is 17.6. The van der Waals surface area contributed by atoms with Crippen molar-refractivity contribution in [3.05, 3.63) is 72.2 Å². The molecule has 7 heteroatoms. The Balaban J connectivity index is 0.00000210. The number of rotatable bonds is 6. The highest BCUT2D eigenvalue weighted by Gasteiger charge is 2.11. The summed E-state index contributed by atoms with van der Waals surface area (Å²) in [7, 11) is 0. The third-order valence-electron chi connectivity index (χ3n) is 4.55. The average Bonchev–Trinajstić information content (AvgIpc) is 3.24. The monoisotopic (exact) mass is 385 g/mol. The van der Waals surface area contributed by atoms with Crippen molar-refractivity contribution in [1.29, 1.82) is 0 Å². The fourth-order valence-corrected chi connectivity index (χ4v) is 3.16. The van der Waals surface area contributed by atoms with Crippen LogP contribution in [-0.2, 0) is 17.8 Å². The van der Waals surface area contributed by atoms with Gasteiger partial charge in [-0.1, -0.05) is 18.2 Å². The summed E-state index contributed by atoms with van der Waals surface area (Å²) >= 11 is 0. The molecule has 3 aromatic rings. The summed E-state index contributed by atoms with van der Waals surface area (Å²) in [6, 6.07) is 14.7. The molecule has 6 nitrogen and oxygen atoms in total. The Bertz CT molecular complexity index is 817. The van der Waals surface area contributed by atoms with Gasteiger partial charge >= 0.3 is 0 Å². The molecule has 0 aliphatic carbocycles. The number of nitrogens with zero attached hydrogens (tertiary/aromatic N) is 4. The summed E-state index contributed by atoms with van der Waals surface area (Å²) in [6.07, 6.45) is 5.48.